The van der Waals surface area contributed by atoms with Crippen LogP contribution >= 0.6 is 0 Å². The topological polar surface area (TPSA) is 55.9 Å². The average Bonchev–Trinajstić information content (AvgIpc) is 2.34. The lowest BCUT2D eigenvalue weighted by atomic mass is 10.3. The first-order valence-electron chi connectivity index (χ1n) is 6.97. The number of likely N-dealkylation sites (N-methyl/N-ethyl adjacent to an activating group) is 1. The highest BCUT2D eigenvalue weighted by atomic mass is 32.2. The number of piperazine rings is 1. The minimum atomic E-state index is -3.27. The number of hydrogen-bond donors (Lipinski definition) is 1. The molecule has 19 heavy (non-hydrogen) atoms. The van der Waals surface area contributed by atoms with Gasteiger partial charge in [-0.2, -0.15) is 17.0 Å². The SMILES string of the molecule is CC(C)NCCCN(C)S(=O)(=O)N1CCN(C)CC1. The van der Waals surface area contributed by atoms with Crippen LogP contribution in [0.15, 0.2) is 0 Å². The maximum atomic E-state index is 12.3. The molecule has 0 unspecified atom stereocenters. The quantitative estimate of drug-likeness (QED) is 0.660. The highest BCUT2D eigenvalue weighted by Gasteiger charge is 2.28. The van der Waals surface area contributed by atoms with Crippen molar-refractivity contribution in [2.24, 2.45) is 0 Å². The highest BCUT2D eigenvalue weighted by Crippen LogP contribution is 2.10. The largest absolute Gasteiger partial charge is 0.314 e. The molecular weight excluding hydrogens is 264 g/mol. The van der Waals surface area contributed by atoms with Gasteiger partial charge in [0.25, 0.3) is 10.2 Å². The predicted molar refractivity (Wildman–Crippen MR) is 78.4 cm³/mol. The van der Waals surface area contributed by atoms with Crippen LogP contribution in [-0.2, 0) is 10.2 Å². The molecule has 0 aliphatic carbocycles. The van der Waals surface area contributed by atoms with Crippen LogP contribution in [0.4, 0.5) is 0 Å². The third-order valence-electron chi connectivity index (χ3n) is 3.38. The first kappa shape index (κ1) is 16.8. The van der Waals surface area contributed by atoms with Crippen LogP contribution in [0.3, 0.4) is 0 Å². The molecule has 1 heterocycles. The molecule has 0 aromatic rings. The molecule has 0 amide bonds. The highest BCUT2D eigenvalue weighted by molar-refractivity contribution is 7.86. The summed E-state index contributed by atoms with van der Waals surface area (Å²) in [4.78, 5) is 2.15. The fourth-order valence-electron chi connectivity index (χ4n) is 2.02. The summed E-state index contributed by atoms with van der Waals surface area (Å²) < 4.78 is 27.7. The van der Waals surface area contributed by atoms with Crippen LogP contribution in [0.25, 0.3) is 0 Å². The first-order valence-corrected chi connectivity index (χ1v) is 8.37. The molecule has 0 aromatic carbocycles. The molecule has 1 N–H and O–H groups in total. The summed E-state index contributed by atoms with van der Waals surface area (Å²) in [6.07, 6.45) is 0.835. The van der Waals surface area contributed by atoms with Gasteiger partial charge in [0.15, 0.2) is 0 Å². The Balaban J connectivity index is 2.39. The van der Waals surface area contributed by atoms with Gasteiger partial charge in [0.2, 0.25) is 0 Å². The van der Waals surface area contributed by atoms with E-state index in [1.54, 1.807) is 11.4 Å². The lowest BCUT2D eigenvalue weighted by Crippen LogP contribution is -2.51. The minimum absolute atomic E-state index is 0.444. The van der Waals surface area contributed by atoms with E-state index in [1.165, 1.54) is 4.31 Å². The second kappa shape index (κ2) is 7.54. The van der Waals surface area contributed by atoms with Crippen molar-refractivity contribution >= 4 is 10.2 Å². The maximum absolute atomic E-state index is 12.3. The van der Waals surface area contributed by atoms with Gasteiger partial charge in [-0.3, -0.25) is 0 Å². The second-order valence-electron chi connectivity index (χ2n) is 5.49. The van der Waals surface area contributed by atoms with Crippen molar-refractivity contribution < 1.29 is 8.42 Å². The fourth-order valence-corrected chi connectivity index (χ4v) is 3.40. The normalized spacial score (nSPS) is 19.5. The van der Waals surface area contributed by atoms with E-state index in [2.05, 4.69) is 24.1 Å². The summed E-state index contributed by atoms with van der Waals surface area (Å²) in [7, 11) is 0.415. The Morgan fingerprint density at radius 3 is 2.32 bits per heavy atom. The Labute approximate surface area is 117 Å². The third kappa shape index (κ3) is 5.35. The Bertz CT molecular complexity index is 351. The van der Waals surface area contributed by atoms with E-state index in [0.717, 1.165) is 26.1 Å². The molecule has 0 atom stereocenters. The van der Waals surface area contributed by atoms with Gasteiger partial charge in [0.05, 0.1) is 0 Å². The maximum Gasteiger partial charge on any atom is 0.281 e. The standard InChI is InChI=1S/C12H28N4O2S/c1-12(2)13-6-5-7-15(4)19(17,18)16-10-8-14(3)9-11-16/h12-13H,5-11H2,1-4H3. The molecule has 6 nitrogen and oxygen atoms in total. The number of rotatable bonds is 7. The zero-order chi connectivity index (χ0) is 14.5. The molecule has 114 valence electrons. The summed E-state index contributed by atoms with van der Waals surface area (Å²) in [6.45, 7) is 8.38. The molecule has 0 bridgehead atoms. The summed E-state index contributed by atoms with van der Waals surface area (Å²) in [6, 6.07) is 0.444. The van der Waals surface area contributed by atoms with E-state index in [1.807, 2.05) is 7.05 Å². The van der Waals surface area contributed by atoms with Crippen molar-refractivity contribution in [3.63, 3.8) is 0 Å². The molecular formula is C12H28N4O2S. The molecule has 0 saturated carbocycles. The fraction of sp³-hybridized carbons (Fsp3) is 1.00. The number of nitrogens with one attached hydrogen (secondary N) is 1. The average molecular weight is 292 g/mol. The van der Waals surface area contributed by atoms with E-state index < -0.39 is 10.2 Å². The van der Waals surface area contributed by atoms with Crippen LogP contribution in [0.2, 0.25) is 0 Å². The van der Waals surface area contributed by atoms with Gasteiger partial charge in [-0.05, 0) is 20.0 Å². The first-order chi connectivity index (χ1) is 8.84. The summed E-state index contributed by atoms with van der Waals surface area (Å²) >= 11 is 0. The molecule has 1 saturated heterocycles. The third-order valence-corrected chi connectivity index (χ3v) is 5.37. The minimum Gasteiger partial charge on any atom is -0.314 e. The lowest BCUT2D eigenvalue weighted by molar-refractivity contribution is 0.213. The Morgan fingerprint density at radius 2 is 1.79 bits per heavy atom. The van der Waals surface area contributed by atoms with Crippen molar-refractivity contribution in [2.75, 3.05) is 53.4 Å². The van der Waals surface area contributed by atoms with Crippen molar-refractivity contribution in [3.05, 3.63) is 0 Å². The molecule has 1 fully saturated rings. The van der Waals surface area contributed by atoms with Crippen LogP contribution < -0.4 is 5.32 Å². The van der Waals surface area contributed by atoms with E-state index >= 15 is 0 Å². The Kier molecular flexibility index (Phi) is 6.68. The zero-order valence-corrected chi connectivity index (χ0v) is 13.4. The van der Waals surface area contributed by atoms with Gasteiger partial charge in [-0.25, -0.2) is 0 Å². The molecule has 0 spiro atoms. The molecule has 1 rings (SSSR count). The number of nitrogens with zero attached hydrogens (tertiary/aromatic N) is 3. The smallest absolute Gasteiger partial charge is 0.281 e. The van der Waals surface area contributed by atoms with E-state index in [4.69, 9.17) is 0 Å². The van der Waals surface area contributed by atoms with Gasteiger partial charge in [0, 0.05) is 45.8 Å². The Morgan fingerprint density at radius 1 is 1.21 bits per heavy atom. The van der Waals surface area contributed by atoms with Crippen molar-refractivity contribution in [3.8, 4) is 0 Å². The lowest BCUT2D eigenvalue weighted by Gasteiger charge is -2.34. The van der Waals surface area contributed by atoms with Gasteiger partial charge >= 0.3 is 0 Å². The van der Waals surface area contributed by atoms with Gasteiger partial charge in [-0.15, -0.1) is 0 Å². The summed E-state index contributed by atoms with van der Waals surface area (Å²) in [5, 5.41) is 3.30. The summed E-state index contributed by atoms with van der Waals surface area (Å²) in [5.41, 5.74) is 0. The van der Waals surface area contributed by atoms with E-state index in [0.29, 0.717) is 25.7 Å². The monoisotopic (exact) mass is 292 g/mol. The molecule has 0 radical (unpaired) electrons. The van der Waals surface area contributed by atoms with Crippen LogP contribution in [-0.4, -0.2) is 81.3 Å². The van der Waals surface area contributed by atoms with Crippen molar-refractivity contribution in [1.82, 2.24) is 18.8 Å². The van der Waals surface area contributed by atoms with Crippen LogP contribution in [0, 0.1) is 0 Å². The van der Waals surface area contributed by atoms with Crippen LogP contribution in [0.1, 0.15) is 20.3 Å². The molecule has 7 heteroatoms. The van der Waals surface area contributed by atoms with E-state index in [-0.39, 0.29) is 0 Å². The zero-order valence-electron chi connectivity index (χ0n) is 12.6. The molecule has 0 aromatic heterocycles. The second-order valence-corrected chi connectivity index (χ2v) is 7.53. The van der Waals surface area contributed by atoms with Crippen LogP contribution in [0.5, 0.6) is 0 Å². The van der Waals surface area contributed by atoms with E-state index in [9.17, 15) is 8.42 Å². The predicted octanol–water partition coefficient (Wildman–Crippen LogP) is -0.201. The van der Waals surface area contributed by atoms with Gasteiger partial charge < -0.3 is 10.2 Å². The van der Waals surface area contributed by atoms with Crippen molar-refractivity contribution in [1.29, 1.82) is 0 Å². The molecule has 1 aliphatic rings. The Hall–Kier alpha value is -0.210. The summed E-state index contributed by atoms with van der Waals surface area (Å²) in [5.74, 6) is 0. The van der Waals surface area contributed by atoms with Crippen molar-refractivity contribution in [2.45, 2.75) is 26.3 Å². The number of hydrogen-bond acceptors (Lipinski definition) is 4. The van der Waals surface area contributed by atoms with Gasteiger partial charge in [-0.1, -0.05) is 13.8 Å². The molecule has 1 aliphatic heterocycles. The van der Waals surface area contributed by atoms with Gasteiger partial charge in [0.1, 0.15) is 0 Å².